The van der Waals surface area contributed by atoms with E-state index in [1.165, 1.54) is 0 Å². The molecule has 0 radical (unpaired) electrons. The fourth-order valence-electron chi connectivity index (χ4n) is 1.24. The van der Waals surface area contributed by atoms with E-state index in [0.29, 0.717) is 28.5 Å². The highest BCUT2D eigenvalue weighted by atomic mass is 79.9. The molecule has 0 aliphatic heterocycles. The smallest absolute Gasteiger partial charge is 0.411 e. The van der Waals surface area contributed by atoms with E-state index in [9.17, 15) is 18.0 Å². The van der Waals surface area contributed by atoms with E-state index >= 15 is 0 Å². The van der Waals surface area contributed by atoms with Crippen LogP contribution in [-0.2, 0) is 4.74 Å². The lowest BCUT2D eigenvalue weighted by molar-refractivity contribution is -0.174. The van der Waals surface area contributed by atoms with Crippen molar-refractivity contribution in [1.82, 2.24) is 0 Å². The molecule has 0 spiro atoms. The minimum atomic E-state index is -4.30. The summed E-state index contributed by atoms with van der Waals surface area (Å²) in [6.45, 7) is -1.04. The number of halogens is 4. The molecule has 0 atom stereocenters. The van der Waals surface area contributed by atoms with Crippen molar-refractivity contribution in [2.75, 3.05) is 19.8 Å². The van der Waals surface area contributed by atoms with Gasteiger partial charge in [-0.05, 0) is 34.1 Å². The fourth-order valence-corrected chi connectivity index (χ4v) is 1.75. The normalized spacial score (nSPS) is 11.4. The van der Waals surface area contributed by atoms with Crippen LogP contribution in [0.3, 0.4) is 0 Å². The Kier molecular flexibility index (Phi) is 6.30. The van der Waals surface area contributed by atoms with Crippen LogP contribution in [0.2, 0.25) is 0 Å². The topological polar surface area (TPSA) is 35.5 Å². The Morgan fingerprint density at radius 3 is 2.58 bits per heavy atom. The highest BCUT2D eigenvalue weighted by Gasteiger charge is 2.27. The zero-order chi connectivity index (χ0) is 14.3. The fraction of sp³-hybridized carbons (Fsp3) is 0.417. The minimum Gasteiger partial charge on any atom is -0.492 e. The standard InChI is InChI=1S/C12H12BrF3O3/c13-10-6-9(7-17)2-3-11(10)19-5-1-4-18-8-12(14,15)16/h2-3,6-7H,1,4-5,8H2. The van der Waals surface area contributed by atoms with Gasteiger partial charge in [-0.1, -0.05) is 0 Å². The number of alkyl halides is 3. The van der Waals surface area contributed by atoms with Crippen LogP contribution in [0.4, 0.5) is 13.2 Å². The number of hydrogen-bond acceptors (Lipinski definition) is 3. The van der Waals surface area contributed by atoms with Crippen LogP contribution in [0.25, 0.3) is 0 Å². The van der Waals surface area contributed by atoms with Gasteiger partial charge < -0.3 is 9.47 Å². The number of ether oxygens (including phenoxy) is 2. The maximum Gasteiger partial charge on any atom is 0.411 e. The summed E-state index contributed by atoms with van der Waals surface area (Å²) in [7, 11) is 0. The molecule has 0 unspecified atom stereocenters. The first-order valence-corrected chi connectivity index (χ1v) is 6.24. The van der Waals surface area contributed by atoms with Gasteiger partial charge in [-0.2, -0.15) is 13.2 Å². The van der Waals surface area contributed by atoms with E-state index < -0.39 is 12.8 Å². The van der Waals surface area contributed by atoms with Crippen LogP contribution < -0.4 is 4.74 Å². The third kappa shape index (κ3) is 6.58. The van der Waals surface area contributed by atoms with Gasteiger partial charge in [0.1, 0.15) is 18.6 Å². The van der Waals surface area contributed by atoms with Crippen LogP contribution in [0, 0.1) is 0 Å². The average molecular weight is 341 g/mol. The molecule has 1 aromatic carbocycles. The molecule has 0 amide bonds. The van der Waals surface area contributed by atoms with E-state index in [2.05, 4.69) is 20.7 Å². The molecule has 0 bridgehead atoms. The van der Waals surface area contributed by atoms with Gasteiger partial charge in [0.2, 0.25) is 0 Å². The van der Waals surface area contributed by atoms with Crippen LogP contribution in [0.5, 0.6) is 5.75 Å². The molecule has 0 aliphatic rings. The number of hydrogen-bond donors (Lipinski definition) is 0. The SMILES string of the molecule is O=Cc1ccc(OCCCOCC(F)(F)F)c(Br)c1. The highest BCUT2D eigenvalue weighted by Crippen LogP contribution is 2.25. The minimum absolute atomic E-state index is 0.0243. The predicted octanol–water partition coefficient (Wildman–Crippen LogP) is 3.61. The van der Waals surface area contributed by atoms with Gasteiger partial charge in [-0.15, -0.1) is 0 Å². The van der Waals surface area contributed by atoms with Crippen molar-refractivity contribution in [2.24, 2.45) is 0 Å². The predicted molar refractivity (Wildman–Crippen MR) is 66.5 cm³/mol. The van der Waals surface area contributed by atoms with Gasteiger partial charge in [-0.25, -0.2) is 0 Å². The Morgan fingerprint density at radius 1 is 1.26 bits per heavy atom. The molecule has 0 saturated carbocycles. The Bertz CT molecular complexity index is 421. The van der Waals surface area contributed by atoms with Crippen LogP contribution in [0.1, 0.15) is 16.8 Å². The molecule has 19 heavy (non-hydrogen) atoms. The molecule has 7 heteroatoms. The number of benzene rings is 1. The first-order chi connectivity index (χ1) is 8.92. The van der Waals surface area contributed by atoms with Gasteiger partial charge in [0, 0.05) is 12.0 Å². The van der Waals surface area contributed by atoms with Crippen LogP contribution in [-0.4, -0.2) is 32.3 Å². The van der Waals surface area contributed by atoms with E-state index in [-0.39, 0.29) is 13.2 Å². The van der Waals surface area contributed by atoms with Gasteiger partial charge in [-0.3, -0.25) is 4.79 Å². The van der Waals surface area contributed by atoms with Crippen molar-refractivity contribution < 1.29 is 27.4 Å². The quantitative estimate of drug-likeness (QED) is 0.561. The van der Waals surface area contributed by atoms with E-state index in [0.717, 1.165) is 0 Å². The summed E-state index contributed by atoms with van der Waals surface area (Å²) in [5.74, 6) is 0.529. The average Bonchev–Trinajstić information content (AvgIpc) is 2.33. The second-order valence-electron chi connectivity index (χ2n) is 3.68. The largest absolute Gasteiger partial charge is 0.492 e. The van der Waals surface area contributed by atoms with Gasteiger partial charge in [0.15, 0.2) is 0 Å². The second-order valence-corrected chi connectivity index (χ2v) is 4.53. The first kappa shape index (κ1) is 16.0. The van der Waals surface area contributed by atoms with Crippen molar-refractivity contribution in [3.63, 3.8) is 0 Å². The summed E-state index contributed by atoms with van der Waals surface area (Å²) in [4.78, 5) is 10.5. The maximum absolute atomic E-state index is 11.8. The summed E-state index contributed by atoms with van der Waals surface area (Å²) in [5.41, 5.74) is 0.507. The molecule has 0 aromatic heterocycles. The second kappa shape index (κ2) is 7.49. The third-order valence-corrected chi connectivity index (χ3v) is 2.67. The molecule has 0 fully saturated rings. The summed E-state index contributed by atoms with van der Waals surface area (Å²) in [5, 5.41) is 0. The number of rotatable bonds is 7. The molecule has 0 heterocycles. The van der Waals surface area contributed by atoms with Crippen molar-refractivity contribution in [2.45, 2.75) is 12.6 Å². The summed E-state index contributed by atoms with van der Waals surface area (Å²) in [6.07, 6.45) is -3.24. The molecular formula is C12H12BrF3O3. The Labute approximate surface area is 116 Å². The Hall–Kier alpha value is -1.08. The maximum atomic E-state index is 11.8. The van der Waals surface area contributed by atoms with Crippen molar-refractivity contribution in [3.8, 4) is 5.75 Å². The zero-order valence-electron chi connectivity index (χ0n) is 9.87. The molecule has 3 nitrogen and oxygen atoms in total. The number of carbonyl (C=O) groups is 1. The molecule has 1 rings (SSSR count). The van der Waals surface area contributed by atoms with E-state index in [4.69, 9.17) is 4.74 Å². The van der Waals surface area contributed by atoms with Crippen molar-refractivity contribution in [3.05, 3.63) is 28.2 Å². The lowest BCUT2D eigenvalue weighted by Gasteiger charge is -2.10. The summed E-state index contributed by atoms with van der Waals surface area (Å²) < 4.78 is 45.7. The van der Waals surface area contributed by atoms with Crippen molar-refractivity contribution in [1.29, 1.82) is 0 Å². The summed E-state index contributed by atoms with van der Waals surface area (Å²) >= 11 is 3.23. The van der Waals surface area contributed by atoms with E-state index in [1.807, 2.05) is 0 Å². The van der Waals surface area contributed by atoms with Crippen molar-refractivity contribution >= 4 is 22.2 Å². The lowest BCUT2D eigenvalue weighted by atomic mass is 10.2. The molecule has 0 aliphatic carbocycles. The molecule has 106 valence electrons. The lowest BCUT2D eigenvalue weighted by Crippen LogP contribution is -2.18. The zero-order valence-corrected chi connectivity index (χ0v) is 11.5. The molecule has 0 saturated heterocycles. The van der Waals surface area contributed by atoms with Crippen LogP contribution in [0.15, 0.2) is 22.7 Å². The highest BCUT2D eigenvalue weighted by molar-refractivity contribution is 9.10. The Morgan fingerprint density at radius 2 is 2.00 bits per heavy atom. The first-order valence-electron chi connectivity index (χ1n) is 5.44. The van der Waals surface area contributed by atoms with Gasteiger partial charge >= 0.3 is 6.18 Å². The van der Waals surface area contributed by atoms with Gasteiger partial charge in [0.05, 0.1) is 17.7 Å². The number of aldehydes is 1. The van der Waals surface area contributed by atoms with Crippen LogP contribution >= 0.6 is 15.9 Å². The van der Waals surface area contributed by atoms with E-state index in [1.54, 1.807) is 18.2 Å². The molecule has 0 N–H and O–H groups in total. The molecular weight excluding hydrogens is 329 g/mol. The summed E-state index contributed by atoms with van der Waals surface area (Å²) in [6, 6.07) is 4.81. The number of carbonyl (C=O) groups excluding carboxylic acids is 1. The monoisotopic (exact) mass is 340 g/mol. The van der Waals surface area contributed by atoms with Gasteiger partial charge in [0.25, 0.3) is 0 Å². The third-order valence-electron chi connectivity index (χ3n) is 2.05. The molecule has 1 aromatic rings. The Balaban J connectivity index is 2.24.